The number of pyridine rings is 1. The molecule has 0 bridgehead atoms. The van der Waals surface area contributed by atoms with Crippen LogP contribution in [0.5, 0.6) is 0 Å². The van der Waals surface area contributed by atoms with Crippen molar-refractivity contribution in [3.8, 4) is 22.4 Å². The smallest absolute Gasteiger partial charge is 0.0783 e. The van der Waals surface area contributed by atoms with Crippen molar-refractivity contribution in [3.05, 3.63) is 89.1 Å². The van der Waals surface area contributed by atoms with Crippen molar-refractivity contribution in [3.63, 3.8) is 0 Å². The maximum Gasteiger partial charge on any atom is 0.0783 e. The van der Waals surface area contributed by atoms with Crippen LogP contribution in [0.3, 0.4) is 0 Å². The van der Waals surface area contributed by atoms with E-state index in [1.807, 2.05) is 6.20 Å². The second kappa shape index (κ2) is 6.06. The predicted octanol–water partition coefficient (Wildman–Crippen LogP) is 6.90. The summed E-state index contributed by atoms with van der Waals surface area (Å²) in [4.78, 5) is 4.86. The van der Waals surface area contributed by atoms with Crippen LogP contribution in [0.1, 0.15) is 42.0 Å². The minimum Gasteiger partial charge on any atom is -0.256 e. The Morgan fingerprint density at radius 3 is 2.52 bits per heavy atom. The minimum absolute atomic E-state index is 0.509. The molecule has 132 valence electrons. The Morgan fingerprint density at radius 2 is 1.67 bits per heavy atom. The average molecular weight is 349 g/mol. The van der Waals surface area contributed by atoms with Crippen LogP contribution in [-0.4, -0.2) is 4.98 Å². The van der Waals surface area contributed by atoms with Gasteiger partial charge in [-0.15, -0.1) is 0 Å². The summed E-state index contributed by atoms with van der Waals surface area (Å²) in [7, 11) is 0. The molecule has 0 unspecified atom stereocenters. The lowest BCUT2D eigenvalue weighted by molar-refractivity contribution is 0.869. The van der Waals surface area contributed by atoms with Gasteiger partial charge < -0.3 is 0 Å². The van der Waals surface area contributed by atoms with E-state index in [0.29, 0.717) is 5.92 Å². The second-order valence-electron chi connectivity index (χ2n) is 7.97. The molecule has 0 saturated heterocycles. The van der Waals surface area contributed by atoms with Crippen LogP contribution in [0.2, 0.25) is 0 Å². The fraction of sp³-hybridized carbons (Fsp3) is 0.192. The van der Waals surface area contributed by atoms with E-state index in [4.69, 9.17) is 4.98 Å². The second-order valence-corrected chi connectivity index (χ2v) is 7.97. The molecule has 0 aliphatic heterocycles. The van der Waals surface area contributed by atoms with Gasteiger partial charge in [-0.05, 0) is 76.2 Å². The molecule has 0 saturated carbocycles. The first kappa shape index (κ1) is 16.3. The summed E-state index contributed by atoms with van der Waals surface area (Å²) in [6, 6.07) is 22.4. The largest absolute Gasteiger partial charge is 0.256 e. The Balaban J connectivity index is 1.80. The standard InChI is InChI=1S/C26H23N/c1-16(2)19-9-8-18-10-11-27-26(22(18)14-19)25-13-17(3)12-23-21-7-5-4-6-20(21)15-24(23)25/h4-14,16H,15H2,1-3H3. The number of nitrogens with zero attached hydrogens (tertiary/aromatic N) is 1. The molecule has 0 radical (unpaired) electrons. The Kier molecular flexibility index (Phi) is 3.65. The first-order chi connectivity index (χ1) is 13.1. The van der Waals surface area contributed by atoms with E-state index >= 15 is 0 Å². The molecular weight excluding hydrogens is 326 g/mol. The number of hydrogen-bond acceptors (Lipinski definition) is 1. The zero-order valence-corrected chi connectivity index (χ0v) is 16.1. The van der Waals surface area contributed by atoms with Crippen molar-refractivity contribution < 1.29 is 0 Å². The molecule has 1 heterocycles. The third-order valence-electron chi connectivity index (χ3n) is 5.78. The molecule has 1 aliphatic carbocycles. The van der Waals surface area contributed by atoms with Crippen LogP contribution >= 0.6 is 0 Å². The highest BCUT2D eigenvalue weighted by molar-refractivity contribution is 5.98. The Labute approximate surface area is 160 Å². The van der Waals surface area contributed by atoms with E-state index in [9.17, 15) is 0 Å². The van der Waals surface area contributed by atoms with Crippen molar-refractivity contribution in [2.24, 2.45) is 0 Å². The summed E-state index contributed by atoms with van der Waals surface area (Å²) >= 11 is 0. The molecule has 1 nitrogen and oxygen atoms in total. The van der Waals surface area contributed by atoms with Gasteiger partial charge in [-0.25, -0.2) is 0 Å². The number of benzene rings is 3. The number of aryl methyl sites for hydroxylation is 1. The molecule has 0 atom stereocenters. The fourth-order valence-electron chi connectivity index (χ4n) is 4.35. The SMILES string of the molecule is Cc1cc2c(c(-c3nccc4ccc(C(C)C)cc34)c1)Cc1ccccc1-2. The van der Waals surface area contributed by atoms with E-state index in [1.165, 1.54) is 49.7 Å². The third kappa shape index (κ3) is 2.57. The third-order valence-corrected chi connectivity index (χ3v) is 5.78. The normalized spacial score (nSPS) is 12.4. The van der Waals surface area contributed by atoms with E-state index in [0.717, 1.165) is 12.1 Å². The van der Waals surface area contributed by atoms with Gasteiger partial charge in [-0.3, -0.25) is 4.98 Å². The minimum atomic E-state index is 0.509. The maximum absolute atomic E-state index is 4.86. The topological polar surface area (TPSA) is 12.9 Å². The van der Waals surface area contributed by atoms with Gasteiger partial charge in [0.2, 0.25) is 0 Å². The monoisotopic (exact) mass is 349 g/mol. The molecule has 0 fully saturated rings. The zero-order valence-electron chi connectivity index (χ0n) is 16.1. The molecular formula is C26H23N. The molecule has 5 rings (SSSR count). The van der Waals surface area contributed by atoms with E-state index in [-0.39, 0.29) is 0 Å². The lowest BCUT2D eigenvalue weighted by Gasteiger charge is -2.14. The van der Waals surface area contributed by atoms with Crippen LogP contribution < -0.4 is 0 Å². The lowest BCUT2D eigenvalue weighted by Crippen LogP contribution is -1.95. The van der Waals surface area contributed by atoms with Gasteiger partial charge in [0, 0.05) is 17.1 Å². The van der Waals surface area contributed by atoms with Crippen LogP contribution in [0.4, 0.5) is 0 Å². The highest BCUT2D eigenvalue weighted by Gasteiger charge is 2.23. The molecule has 1 aromatic heterocycles. The summed E-state index contributed by atoms with van der Waals surface area (Å²) in [5.41, 5.74) is 10.6. The summed E-state index contributed by atoms with van der Waals surface area (Å²) in [6.07, 6.45) is 2.94. The number of aromatic nitrogens is 1. The predicted molar refractivity (Wildman–Crippen MR) is 114 cm³/mol. The number of rotatable bonds is 2. The number of fused-ring (bicyclic) bond motifs is 4. The van der Waals surface area contributed by atoms with Crippen LogP contribution in [0, 0.1) is 6.92 Å². The number of hydrogen-bond donors (Lipinski definition) is 0. The highest BCUT2D eigenvalue weighted by atomic mass is 14.7. The molecule has 4 aromatic rings. The zero-order chi connectivity index (χ0) is 18.5. The van der Waals surface area contributed by atoms with Gasteiger partial charge >= 0.3 is 0 Å². The molecule has 0 amide bonds. The van der Waals surface area contributed by atoms with Gasteiger partial charge in [0.1, 0.15) is 0 Å². The van der Waals surface area contributed by atoms with Gasteiger partial charge in [0.15, 0.2) is 0 Å². The molecule has 0 spiro atoms. The summed E-state index contributed by atoms with van der Waals surface area (Å²) < 4.78 is 0. The average Bonchev–Trinajstić information content (AvgIpc) is 3.05. The van der Waals surface area contributed by atoms with Crippen LogP contribution in [0.25, 0.3) is 33.2 Å². The molecule has 3 aromatic carbocycles. The van der Waals surface area contributed by atoms with Crippen LogP contribution in [-0.2, 0) is 6.42 Å². The first-order valence-electron chi connectivity index (χ1n) is 9.72. The molecule has 0 N–H and O–H groups in total. The van der Waals surface area contributed by atoms with Crippen molar-refractivity contribution in [2.75, 3.05) is 0 Å². The Morgan fingerprint density at radius 1 is 0.852 bits per heavy atom. The van der Waals surface area contributed by atoms with E-state index < -0.39 is 0 Å². The van der Waals surface area contributed by atoms with Crippen LogP contribution in [0.15, 0.2) is 66.9 Å². The molecule has 27 heavy (non-hydrogen) atoms. The van der Waals surface area contributed by atoms with Crippen molar-refractivity contribution >= 4 is 10.8 Å². The fourth-order valence-corrected chi connectivity index (χ4v) is 4.35. The van der Waals surface area contributed by atoms with Crippen molar-refractivity contribution in [1.82, 2.24) is 4.98 Å². The molecule has 1 heteroatoms. The quantitative estimate of drug-likeness (QED) is 0.337. The Hall–Kier alpha value is -2.93. The highest BCUT2D eigenvalue weighted by Crippen LogP contribution is 2.43. The lowest BCUT2D eigenvalue weighted by atomic mass is 9.92. The van der Waals surface area contributed by atoms with Gasteiger partial charge in [-0.2, -0.15) is 0 Å². The van der Waals surface area contributed by atoms with Crippen molar-refractivity contribution in [2.45, 2.75) is 33.1 Å². The summed E-state index contributed by atoms with van der Waals surface area (Å²) in [5.74, 6) is 0.509. The first-order valence-corrected chi connectivity index (χ1v) is 9.72. The van der Waals surface area contributed by atoms with Gasteiger partial charge in [-0.1, -0.05) is 56.3 Å². The van der Waals surface area contributed by atoms with Gasteiger partial charge in [0.05, 0.1) is 5.69 Å². The van der Waals surface area contributed by atoms with Crippen molar-refractivity contribution in [1.29, 1.82) is 0 Å². The van der Waals surface area contributed by atoms with Gasteiger partial charge in [0.25, 0.3) is 0 Å². The molecule has 1 aliphatic rings. The summed E-state index contributed by atoms with van der Waals surface area (Å²) in [6.45, 7) is 6.69. The summed E-state index contributed by atoms with van der Waals surface area (Å²) in [5, 5.41) is 2.52. The van der Waals surface area contributed by atoms with E-state index in [1.54, 1.807) is 0 Å². The van der Waals surface area contributed by atoms with E-state index in [2.05, 4.69) is 81.4 Å². The Bertz CT molecular complexity index is 1180. The maximum atomic E-state index is 4.86.